The lowest BCUT2D eigenvalue weighted by Gasteiger charge is -2.15. The molecule has 1 atom stereocenters. The number of benzene rings is 1. The van der Waals surface area contributed by atoms with Crippen molar-refractivity contribution in [2.45, 2.75) is 30.7 Å². The zero-order chi connectivity index (χ0) is 17.5. The Labute approximate surface area is 135 Å². The third kappa shape index (κ3) is 6.25. The fourth-order valence-corrected chi connectivity index (χ4v) is 2.56. The number of aliphatic carboxylic acids is 1. The van der Waals surface area contributed by atoms with Crippen molar-refractivity contribution in [3.8, 4) is 0 Å². The van der Waals surface area contributed by atoms with Crippen molar-refractivity contribution < 1.29 is 23.1 Å². The van der Waals surface area contributed by atoms with Gasteiger partial charge < -0.3 is 15.7 Å². The number of carboxylic acid groups (broad SMARTS) is 1. The van der Waals surface area contributed by atoms with Crippen molar-refractivity contribution in [1.82, 2.24) is 15.4 Å². The van der Waals surface area contributed by atoms with Gasteiger partial charge in [0.2, 0.25) is 10.0 Å². The maximum atomic E-state index is 11.7. The summed E-state index contributed by atoms with van der Waals surface area (Å²) in [5.74, 6) is -0.905. The van der Waals surface area contributed by atoms with Crippen LogP contribution >= 0.6 is 0 Å². The summed E-state index contributed by atoms with van der Waals surface area (Å²) in [5, 5.41) is 13.8. The van der Waals surface area contributed by atoms with Gasteiger partial charge in [0, 0.05) is 13.0 Å². The topological polar surface area (TPSA) is 125 Å². The maximum Gasteiger partial charge on any atom is 0.315 e. The molecule has 0 aliphatic carbocycles. The first-order chi connectivity index (χ1) is 10.8. The average Bonchev–Trinajstić information content (AvgIpc) is 2.51. The molecule has 0 heterocycles. The van der Waals surface area contributed by atoms with E-state index in [0.29, 0.717) is 6.42 Å². The number of nitrogens with one attached hydrogen (secondary N) is 3. The molecule has 1 rings (SSSR count). The fraction of sp³-hybridized carbons (Fsp3) is 0.429. The third-order valence-electron chi connectivity index (χ3n) is 3.16. The fourth-order valence-electron chi connectivity index (χ4n) is 1.83. The summed E-state index contributed by atoms with van der Waals surface area (Å²) in [6.45, 7) is 2.03. The van der Waals surface area contributed by atoms with E-state index < -0.39 is 22.0 Å². The SMILES string of the molecule is CNS(=O)(=O)c1ccc(C(C)NC(=O)NCCCC(=O)O)cc1. The molecule has 4 N–H and O–H groups in total. The lowest BCUT2D eigenvalue weighted by atomic mass is 10.1. The molecule has 0 saturated heterocycles. The molecule has 0 fully saturated rings. The molecule has 0 aliphatic heterocycles. The van der Waals surface area contributed by atoms with Gasteiger partial charge in [0.15, 0.2) is 0 Å². The van der Waals surface area contributed by atoms with Crippen LogP contribution in [-0.4, -0.2) is 39.1 Å². The second kappa shape index (κ2) is 8.49. The highest BCUT2D eigenvalue weighted by molar-refractivity contribution is 7.89. The van der Waals surface area contributed by atoms with Crippen molar-refractivity contribution in [1.29, 1.82) is 0 Å². The van der Waals surface area contributed by atoms with Crippen molar-refractivity contribution >= 4 is 22.0 Å². The zero-order valence-electron chi connectivity index (χ0n) is 13.0. The molecule has 9 heteroatoms. The molecule has 1 unspecified atom stereocenters. The molecule has 0 radical (unpaired) electrons. The second-order valence-corrected chi connectivity index (χ2v) is 6.78. The van der Waals surface area contributed by atoms with E-state index in [1.165, 1.54) is 19.2 Å². The molecular weight excluding hydrogens is 322 g/mol. The number of rotatable bonds is 8. The Morgan fingerprint density at radius 2 is 1.83 bits per heavy atom. The Morgan fingerprint density at radius 3 is 2.35 bits per heavy atom. The van der Waals surface area contributed by atoms with Crippen molar-refractivity contribution in [3.63, 3.8) is 0 Å². The summed E-state index contributed by atoms with van der Waals surface area (Å²) >= 11 is 0. The Kier molecular flexibility index (Phi) is 6.98. The van der Waals surface area contributed by atoms with Crippen LogP contribution in [0.4, 0.5) is 4.79 Å². The molecule has 0 saturated carbocycles. The summed E-state index contributed by atoms with van der Waals surface area (Å²) in [6, 6.07) is 5.45. The monoisotopic (exact) mass is 343 g/mol. The molecule has 0 spiro atoms. The van der Waals surface area contributed by atoms with Crippen molar-refractivity contribution in [3.05, 3.63) is 29.8 Å². The van der Waals surface area contributed by atoms with E-state index in [2.05, 4.69) is 15.4 Å². The molecule has 23 heavy (non-hydrogen) atoms. The smallest absolute Gasteiger partial charge is 0.315 e. The Hall–Kier alpha value is -2.13. The molecule has 2 amide bonds. The van der Waals surface area contributed by atoms with Gasteiger partial charge >= 0.3 is 12.0 Å². The number of carbonyl (C=O) groups is 2. The van der Waals surface area contributed by atoms with E-state index in [4.69, 9.17) is 5.11 Å². The van der Waals surface area contributed by atoms with Crippen LogP contribution in [0.3, 0.4) is 0 Å². The van der Waals surface area contributed by atoms with Crippen LogP contribution in [0, 0.1) is 0 Å². The molecular formula is C14H21N3O5S. The van der Waals surface area contributed by atoms with Crippen molar-refractivity contribution in [2.75, 3.05) is 13.6 Å². The first kappa shape index (κ1) is 18.9. The summed E-state index contributed by atoms with van der Waals surface area (Å²) in [5.41, 5.74) is 0.751. The highest BCUT2D eigenvalue weighted by Crippen LogP contribution is 2.15. The van der Waals surface area contributed by atoms with Crippen molar-refractivity contribution in [2.24, 2.45) is 0 Å². The molecule has 0 bridgehead atoms. The van der Waals surface area contributed by atoms with E-state index in [-0.39, 0.29) is 23.9 Å². The van der Waals surface area contributed by atoms with Gasteiger partial charge in [-0.25, -0.2) is 17.9 Å². The highest BCUT2D eigenvalue weighted by Gasteiger charge is 2.13. The minimum atomic E-state index is -3.48. The summed E-state index contributed by atoms with van der Waals surface area (Å²) in [4.78, 5) is 22.2. The normalized spacial score (nSPS) is 12.4. The number of amides is 2. The van der Waals surface area contributed by atoms with Crippen LogP contribution in [0.15, 0.2) is 29.2 Å². The lowest BCUT2D eigenvalue weighted by molar-refractivity contribution is -0.137. The number of carboxylic acids is 1. The Morgan fingerprint density at radius 1 is 1.22 bits per heavy atom. The van der Waals surface area contributed by atoms with Gasteiger partial charge in [-0.2, -0.15) is 0 Å². The third-order valence-corrected chi connectivity index (χ3v) is 4.59. The summed E-state index contributed by atoms with van der Waals surface area (Å²) in [7, 11) is -2.15. The largest absolute Gasteiger partial charge is 0.481 e. The minimum absolute atomic E-state index is 0.00274. The van der Waals surface area contributed by atoms with Gasteiger partial charge in [-0.15, -0.1) is 0 Å². The van der Waals surface area contributed by atoms with E-state index >= 15 is 0 Å². The van der Waals surface area contributed by atoms with Crippen LogP contribution in [0.2, 0.25) is 0 Å². The molecule has 1 aromatic rings. The van der Waals surface area contributed by atoms with E-state index in [1.807, 2.05) is 0 Å². The summed E-state index contributed by atoms with van der Waals surface area (Å²) < 4.78 is 25.5. The van der Waals surface area contributed by atoms with Gasteiger partial charge in [0.1, 0.15) is 0 Å². The Balaban J connectivity index is 2.53. The predicted octanol–water partition coefficient (Wildman–Crippen LogP) is 0.820. The second-order valence-electron chi connectivity index (χ2n) is 4.90. The van der Waals surface area contributed by atoms with Gasteiger partial charge in [-0.3, -0.25) is 4.79 Å². The van der Waals surface area contributed by atoms with Gasteiger partial charge in [0.25, 0.3) is 0 Å². The molecule has 0 aliphatic rings. The van der Waals surface area contributed by atoms with E-state index in [1.54, 1.807) is 19.1 Å². The molecule has 128 valence electrons. The van der Waals surface area contributed by atoms with Gasteiger partial charge in [-0.1, -0.05) is 12.1 Å². The molecule has 0 aromatic heterocycles. The zero-order valence-corrected chi connectivity index (χ0v) is 13.8. The first-order valence-corrected chi connectivity index (χ1v) is 8.54. The maximum absolute atomic E-state index is 11.7. The lowest BCUT2D eigenvalue weighted by Crippen LogP contribution is -2.37. The van der Waals surface area contributed by atoms with Crippen LogP contribution < -0.4 is 15.4 Å². The van der Waals surface area contributed by atoms with Gasteiger partial charge in [0.05, 0.1) is 10.9 Å². The molecule has 8 nitrogen and oxygen atoms in total. The minimum Gasteiger partial charge on any atom is -0.481 e. The predicted molar refractivity (Wildman–Crippen MR) is 84.5 cm³/mol. The number of hydrogen-bond acceptors (Lipinski definition) is 4. The van der Waals surface area contributed by atoms with Crippen LogP contribution in [0.25, 0.3) is 0 Å². The van der Waals surface area contributed by atoms with Gasteiger partial charge in [-0.05, 0) is 38.1 Å². The average molecular weight is 343 g/mol. The number of carbonyl (C=O) groups excluding carboxylic acids is 1. The standard InChI is InChI=1S/C14H21N3O5S/c1-10(17-14(20)16-9-3-4-13(18)19)11-5-7-12(8-6-11)23(21,22)15-2/h5-8,10,15H,3-4,9H2,1-2H3,(H,18,19)(H2,16,17,20). The Bertz CT molecular complexity index is 643. The number of urea groups is 1. The molecule has 1 aromatic carbocycles. The van der Waals surface area contributed by atoms with Crippen LogP contribution in [0.5, 0.6) is 0 Å². The number of sulfonamides is 1. The first-order valence-electron chi connectivity index (χ1n) is 7.06. The van der Waals surface area contributed by atoms with E-state index in [9.17, 15) is 18.0 Å². The van der Waals surface area contributed by atoms with E-state index in [0.717, 1.165) is 5.56 Å². The highest BCUT2D eigenvalue weighted by atomic mass is 32.2. The summed E-state index contributed by atoms with van der Waals surface area (Å²) in [6.07, 6.45) is 0.352. The number of hydrogen-bond donors (Lipinski definition) is 4. The van der Waals surface area contributed by atoms with Crippen LogP contribution in [0.1, 0.15) is 31.4 Å². The van der Waals surface area contributed by atoms with Crippen LogP contribution in [-0.2, 0) is 14.8 Å². The quantitative estimate of drug-likeness (QED) is 0.520.